The number of rotatable bonds is 7. The molecular formula is C18H23N5O2S. The molecule has 1 aliphatic rings. The number of benzene rings is 1. The molecule has 1 aliphatic heterocycles. The van der Waals surface area contributed by atoms with Crippen molar-refractivity contribution in [3.63, 3.8) is 0 Å². The molecule has 26 heavy (non-hydrogen) atoms. The maximum Gasteiger partial charge on any atom is 0.233 e. The fourth-order valence-corrected chi connectivity index (χ4v) is 3.67. The van der Waals surface area contributed by atoms with Crippen molar-refractivity contribution in [2.45, 2.75) is 11.7 Å². The van der Waals surface area contributed by atoms with Gasteiger partial charge in [0.15, 0.2) is 5.16 Å². The van der Waals surface area contributed by atoms with E-state index in [1.807, 2.05) is 21.6 Å². The molecule has 0 spiro atoms. The number of hydrogen-bond acceptors (Lipinski definition) is 6. The second kappa shape index (κ2) is 8.75. The summed E-state index contributed by atoms with van der Waals surface area (Å²) in [4.78, 5) is 16.7. The second-order valence-corrected chi connectivity index (χ2v) is 6.85. The van der Waals surface area contributed by atoms with Crippen LogP contribution in [0.15, 0.2) is 48.4 Å². The summed E-state index contributed by atoms with van der Waals surface area (Å²) in [5, 5.41) is 8.69. The summed E-state index contributed by atoms with van der Waals surface area (Å²) in [5.41, 5.74) is 1.16. The van der Waals surface area contributed by atoms with Crippen LogP contribution < -0.4 is 9.64 Å². The smallest absolute Gasteiger partial charge is 0.233 e. The Bertz CT molecular complexity index is 738. The highest BCUT2D eigenvalue weighted by molar-refractivity contribution is 7.99. The minimum atomic E-state index is 0.137. The maximum absolute atomic E-state index is 12.5. The van der Waals surface area contributed by atoms with E-state index in [9.17, 15) is 4.79 Å². The van der Waals surface area contributed by atoms with Crippen LogP contribution in [0.1, 0.15) is 0 Å². The molecule has 2 aromatic rings. The van der Waals surface area contributed by atoms with Crippen molar-refractivity contribution < 1.29 is 9.53 Å². The number of amides is 1. The van der Waals surface area contributed by atoms with Gasteiger partial charge in [0.2, 0.25) is 5.91 Å². The number of anilines is 1. The van der Waals surface area contributed by atoms with E-state index in [0.29, 0.717) is 12.3 Å². The minimum absolute atomic E-state index is 0.137. The van der Waals surface area contributed by atoms with Crippen molar-refractivity contribution in [2.75, 3.05) is 43.9 Å². The lowest BCUT2D eigenvalue weighted by Gasteiger charge is -2.36. The van der Waals surface area contributed by atoms with Gasteiger partial charge in [-0.15, -0.1) is 16.8 Å². The number of allylic oxidation sites excluding steroid dienone is 1. The molecule has 0 bridgehead atoms. The second-order valence-electron chi connectivity index (χ2n) is 5.91. The van der Waals surface area contributed by atoms with Gasteiger partial charge in [0.25, 0.3) is 0 Å². The summed E-state index contributed by atoms with van der Waals surface area (Å²) in [5.74, 6) is 1.36. The van der Waals surface area contributed by atoms with Crippen LogP contribution in [-0.2, 0) is 11.3 Å². The van der Waals surface area contributed by atoms with Crippen LogP contribution in [-0.4, -0.2) is 64.6 Å². The van der Waals surface area contributed by atoms with Crippen LogP contribution in [0.2, 0.25) is 0 Å². The fourth-order valence-electron chi connectivity index (χ4n) is 2.85. The SMILES string of the molecule is C=CCn1cnnc1SCC(=O)N1CCN(c2ccc(OC)cc2)CC1. The number of thioether (sulfide) groups is 1. The lowest BCUT2D eigenvalue weighted by Crippen LogP contribution is -2.49. The average Bonchev–Trinajstić information content (AvgIpc) is 3.14. The number of piperazine rings is 1. The molecule has 1 aromatic carbocycles. The van der Waals surface area contributed by atoms with Crippen LogP contribution in [0.3, 0.4) is 0 Å². The maximum atomic E-state index is 12.5. The third kappa shape index (κ3) is 4.37. The number of nitrogens with zero attached hydrogens (tertiary/aromatic N) is 5. The van der Waals surface area contributed by atoms with Gasteiger partial charge in [0.1, 0.15) is 12.1 Å². The zero-order chi connectivity index (χ0) is 18.4. The van der Waals surface area contributed by atoms with Crippen LogP contribution in [0.4, 0.5) is 5.69 Å². The van der Waals surface area contributed by atoms with Gasteiger partial charge in [-0.3, -0.25) is 4.79 Å². The molecule has 8 heteroatoms. The fraction of sp³-hybridized carbons (Fsp3) is 0.389. The molecule has 0 aliphatic carbocycles. The lowest BCUT2D eigenvalue weighted by molar-refractivity contribution is -0.128. The molecular weight excluding hydrogens is 350 g/mol. The molecule has 2 heterocycles. The van der Waals surface area contributed by atoms with Gasteiger partial charge in [-0.1, -0.05) is 17.8 Å². The molecule has 1 saturated heterocycles. The Kier molecular flexibility index (Phi) is 6.17. The molecule has 138 valence electrons. The van der Waals surface area contributed by atoms with Crippen molar-refractivity contribution in [3.05, 3.63) is 43.2 Å². The van der Waals surface area contributed by atoms with E-state index in [4.69, 9.17) is 4.74 Å². The number of aromatic nitrogens is 3. The van der Waals surface area contributed by atoms with Crippen molar-refractivity contribution >= 4 is 23.4 Å². The first-order chi connectivity index (χ1) is 12.7. The molecule has 1 fully saturated rings. The first-order valence-electron chi connectivity index (χ1n) is 8.49. The summed E-state index contributed by atoms with van der Waals surface area (Å²) in [6.07, 6.45) is 3.44. The third-order valence-corrected chi connectivity index (χ3v) is 5.27. The van der Waals surface area contributed by atoms with Gasteiger partial charge < -0.3 is 19.1 Å². The monoisotopic (exact) mass is 373 g/mol. The van der Waals surface area contributed by atoms with E-state index in [2.05, 4.69) is 33.8 Å². The Morgan fingerprint density at radius 1 is 1.27 bits per heavy atom. The van der Waals surface area contributed by atoms with Crippen molar-refractivity contribution in [3.8, 4) is 5.75 Å². The highest BCUT2D eigenvalue weighted by Crippen LogP contribution is 2.21. The number of ether oxygens (including phenoxy) is 1. The predicted molar refractivity (Wildman–Crippen MR) is 103 cm³/mol. The van der Waals surface area contributed by atoms with Gasteiger partial charge in [-0.05, 0) is 24.3 Å². The topological polar surface area (TPSA) is 63.5 Å². The highest BCUT2D eigenvalue weighted by Gasteiger charge is 2.22. The van der Waals surface area contributed by atoms with E-state index >= 15 is 0 Å². The summed E-state index contributed by atoms with van der Waals surface area (Å²) in [6, 6.07) is 8.03. The van der Waals surface area contributed by atoms with Crippen LogP contribution >= 0.6 is 11.8 Å². The zero-order valence-electron chi connectivity index (χ0n) is 14.9. The van der Waals surface area contributed by atoms with Gasteiger partial charge in [0, 0.05) is 38.4 Å². The van der Waals surface area contributed by atoms with Gasteiger partial charge in [-0.25, -0.2) is 0 Å². The summed E-state index contributed by atoms with van der Waals surface area (Å²) in [6.45, 7) is 7.47. The Labute approximate surface area is 157 Å². The predicted octanol–water partition coefficient (Wildman–Crippen LogP) is 1.91. The summed E-state index contributed by atoms with van der Waals surface area (Å²) >= 11 is 1.42. The van der Waals surface area contributed by atoms with Crippen LogP contribution in [0.5, 0.6) is 5.75 Å². The first kappa shape index (κ1) is 18.3. The number of hydrogen-bond donors (Lipinski definition) is 0. The quantitative estimate of drug-likeness (QED) is 0.546. The van der Waals surface area contributed by atoms with Gasteiger partial charge in [0.05, 0.1) is 12.9 Å². The van der Waals surface area contributed by atoms with Crippen molar-refractivity contribution in [1.29, 1.82) is 0 Å². The molecule has 0 N–H and O–H groups in total. The normalized spacial score (nSPS) is 14.3. The Morgan fingerprint density at radius 3 is 2.65 bits per heavy atom. The Hall–Kier alpha value is -2.48. The van der Waals surface area contributed by atoms with E-state index in [-0.39, 0.29) is 5.91 Å². The number of methoxy groups -OCH3 is 1. The molecule has 0 radical (unpaired) electrons. The molecule has 0 atom stereocenters. The van der Waals surface area contributed by atoms with E-state index in [1.165, 1.54) is 11.8 Å². The largest absolute Gasteiger partial charge is 0.497 e. The van der Waals surface area contributed by atoms with Crippen LogP contribution in [0.25, 0.3) is 0 Å². The van der Waals surface area contributed by atoms with Gasteiger partial charge >= 0.3 is 0 Å². The molecule has 1 aromatic heterocycles. The average molecular weight is 373 g/mol. The Morgan fingerprint density at radius 2 is 2.00 bits per heavy atom. The molecule has 0 saturated carbocycles. The number of carbonyl (C=O) groups is 1. The molecule has 0 unspecified atom stereocenters. The van der Waals surface area contributed by atoms with Crippen molar-refractivity contribution in [2.24, 2.45) is 0 Å². The van der Waals surface area contributed by atoms with Gasteiger partial charge in [-0.2, -0.15) is 0 Å². The summed E-state index contributed by atoms with van der Waals surface area (Å²) in [7, 11) is 1.66. The van der Waals surface area contributed by atoms with E-state index < -0.39 is 0 Å². The standard InChI is InChI=1S/C18H23N5O2S/c1-3-8-23-14-19-20-18(23)26-13-17(24)22-11-9-21(10-12-22)15-4-6-16(25-2)7-5-15/h3-7,14H,1,8-13H2,2H3. The van der Waals surface area contributed by atoms with Crippen molar-refractivity contribution in [1.82, 2.24) is 19.7 Å². The highest BCUT2D eigenvalue weighted by atomic mass is 32.2. The summed E-state index contributed by atoms with van der Waals surface area (Å²) < 4.78 is 7.08. The van der Waals surface area contributed by atoms with E-state index in [1.54, 1.807) is 19.5 Å². The minimum Gasteiger partial charge on any atom is -0.497 e. The van der Waals surface area contributed by atoms with Crippen LogP contribution in [0, 0.1) is 0 Å². The Balaban J connectivity index is 1.48. The van der Waals surface area contributed by atoms with E-state index in [0.717, 1.165) is 42.8 Å². The molecule has 3 rings (SSSR count). The number of carbonyl (C=O) groups excluding carboxylic acids is 1. The first-order valence-corrected chi connectivity index (χ1v) is 9.48. The third-order valence-electron chi connectivity index (χ3n) is 4.30. The molecule has 1 amide bonds. The molecule has 7 nitrogen and oxygen atoms in total. The lowest BCUT2D eigenvalue weighted by atomic mass is 10.2. The zero-order valence-corrected chi connectivity index (χ0v) is 15.7.